The molecule has 1 aliphatic rings. The molecule has 0 radical (unpaired) electrons. The molecule has 2 amide bonds. The molecular formula is C24H26N4O3. The van der Waals surface area contributed by atoms with Gasteiger partial charge in [-0.1, -0.05) is 42.5 Å². The van der Waals surface area contributed by atoms with Crippen LogP contribution >= 0.6 is 0 Å². The Bertz CT molecular complexity index is 1040. The third kappa shape index (κ3) is 4.94. The van der Waals surface area contributed by atoms with Crippen molar-refractivity contribution in [1.29, 1.82) is 0 Å². The predicted octanol–water partition coefficient (Wildman–Crippen LogP) is 3.26. The molecule has 0 fully saturated rings. The van der Waals surface area contributed by atoms with Crippen LogP contribution in [0.25, 0.3) is 0 Å². The van der Waals surface area contributed by atoms with Crippen LogP contribution in [0.1, 0.15) is 45.4 Å². The lowest BCUT2D eigenvalue weighted by Gasteiger charge is -2.20. The summed E-state index contributed by atoms with van der Waals surface area (Å²) in [5, 5.41) is 7.27. The second-order valence-corrected chi connectivity index (χ2v) is 7.46. The molecule has 7 nitrogen and oxygen atoms in total. The zero-order valence-electron chi connectivity index (χ0n) is 17.6. The summed E-state index contributed by atoms with van der Waals surface area (Å²) >= 11 is 0. The number of aromatic nitrogens is 2. The van der Waals surface area contributed by atoms with Gasteiger partial charge in [0.2, 0.25) is 0 Å². The van der Waals surface area contributed by atoms with Gasteiger partial charge >= 0.3 is 0 Å². The maximum absolute atomic E-state index is 13.1. The molecule has 2 aromatic carbocycles. The van der Waals surface area contributed by atoms with E-state index in [0.29, 0.717) is 38.5 Å². The predicted molar refractivity (Wildman–Crippen MR) is 117 cm³/mol. The first kappa shape index (κ1) is 20.7. The van der Waals surface area contributed by atoms with Crippen LogP contribution < -0.4 is 10.1 Å². The van der Waals surface area contributed by atoms with E-state index < -0.39 is 0 Å². The van der Waals surface area contributed by atoms with Gasteiger partial charge in [0.1, 0.15) is 11.4 Å². The number of amides is 2. The number of aryl methyl sites for hydroxylation is 1. The first-order valence-electron chi connectivity index (χ1n) is 10.5. The molecular weight excluding hydrogens is 392 g/mol. The minimum atomic E-state index is -0.295. The fourth-order valence-electron chi connectivity index (χ4n) is 3.64. The third-order valence-corrected chi connectivity index (χ3v) is 5.22. The van der Waals surface area contributed by atoms with E-state index in [4.69, 9.17) is 4.74 Å². The molecule has 1 aromatic heterocycles. The average molecular weight is 418 g/mol. The summed E-state index contributed by atoms with van der Waals surface area (Å²) in [5.41, 5.74) is 2.76. The molecule has 0 saturated heterocycles. The summed E-state index contributed by atoms with van der Waals surface area (Å²) in [6.07, 6.45) is 0.792. The van der Waals surface area contributed by atoms with E-state index in [1.807, 2.05) is 66.4 Å². The topological polar surface area (TPSA) is 76.5 Å². The Morgan fingerprint density at radius 3 is 2.58 bits per heavy atom. The number of benzene rings is 2. The largest absolute Gasteiger partial charge is 0.494 e. The van der Waals surface area contributed by atoms with Crippen LogP contribution in [0.15, 0.2) is 60.7 Å². The second kappa shape index (κ2) is 9.47. The van der Waals surface area contributed by atoms with Crippen LogP contribution in [0.2, 0.25) is 0 Å². The number of carbonyl (C=O) groups is 2. The van der Waals surface area contributed by atoms with Crippen molar-refractivity contribution in [1.82, 2.24) is 20.0 Å². The van der Waals surface area contributed by atoms with Crippen molar-refractivity contribution in [2.75, 3.05) is 13.2 Å². The Balaban J connectivity index is 1.42. The molecule has 0 bridgehead atoms. The number of nitrogens with zero attached hydrogens (tertiary/aromatic N) is 3. The number of hydrogen-bond acceptors (Lipinski definition) is 4. The smallest absolute Gasteiger partial charge is 0.272 e. The van der Waals surface area contributed by atoms with E-state index in [0.717, 1.165) is 23.3 Å². The summed E-state index contributed by atoms with van der Waals surface area (Å²) in [5.74, 6) is 0.408. The van der Waals surface area contributed by atoms with Gasteiger partial charge in [0, 0.05) is 32.2 Å². The van der Waals surface area contributed by atoms with Gasteiger partial charge in [-0.05, 0) is 36.6 Å². The zero-order valence-corrected chi connectivity index (χ0v) is 17.6. The minimum Gasteiger partial charge on any atom is -0.494 e. The monoisotopic (exact) mass is 418 g/mol. The molecule has 3 aromatic rings. The van der Waals surface area contributed by atoms with E-state index in [9.17, 15) is 9.59 Å². The first-order valence-corrected chi connectivity index (χ1v) is 10.5. The normalized spacial score (nSPS) is 13.5. The van der Waals surface area contributed by atoms with E-state index in [2.05, 4.69) is 10.4 Å². The van der Waals surface area contributed by atoms with Crippen LogP contribution in [0.5, 0.6) is 5.75 Å². The van der Waals surface area contributed by atoms with Crippen molar-refractivity contribution in [3.8, 4) is 5.75 Å². The molecule has 4 rings (SSSR count). The Morgan fingerprint density at radius 2 is 1.84 bits per heavy atom. The lowest BCUT2D eigenvalue weighted by molar-refractivity contribution is 0.0745. The van der Waals surface area contributed by atoms with Crippen LogP contribution in [-0.2, 0) is 19.6 Å². The van der Waals surface area contributed by atoms with E-state index in [-0.39, 0.29) is 17.5 Å². The van der Waals surface area contributed by atoms with Gasteiger partial charge in [-0.15, -0.1) is 0 Å². The maximum atomic E-state index is 13.1. The highest BCUT2D eigenvalue weighted by atomic mass is 16.5. The second-order valence-electron chi connectivity index (χ2n) is 7.46. The molecule has 0 atom stereocenters. The number of hydrogen-bond donors (Lipinski definition) is 1. The highest BCUT2D eigenvalue weighted by Gasteiger charge is 2.26. The number of rotatable bonds is 7. The van der Waals surface area contributed by atoms with Crippen molar-refractivity contribution >= 4 is 11.8 Å². The highest BCUT2D eigenvalue weighted by Crippen LogP contribution is 2.17. The summed E-state index contributed by atoms with van der Waals surface area (Å²) in [6.45, 7) is 4.75. The van der Waals surface area contributed by atoms with Crippen molar-refractivity contribution in [2.45, 2.75) is 33.0 Å². The molecule has 31 heavy (non-hydrogen) atoms. The van der Waals surface area contributed by atoms with Gasteiger partial charge in [0.15, 0.2) is 5.69 Å². The SMILES string of the molecule is CCOc1ccc(CNC(=O)c2cc3n(n2)CCCN(Cc2ccccc2)C3=O)cc1. The van der Waals surface area contributed by atoms with Crippen molar-refractivity contribution in [3.05, 3.63) is 83.2 Å². The number of ether oxygens (including phenoxy) is 1. The van der Waals surface area contributed by atoms with Crippen LogP contribution in [0.4, 0.5) is 0 Å². The summed E-state index contributed by atoms with van der Waals surface area (Å²) in [7, 11) is 0. The molecule has 0 aliphatic carbocycles. The minimum absolute atomic E-state index is 0.0978. The summed E-state index contributed by atoms with van der Waals surface area (Å²) in [6, 6.07) is 19.1. The van der Waals surface area contributed by atoms with E-state index in [1.165, 1.54) is 0 Å². The molecule has 7 heteroatoms. The van der Waals surface area contributed by atoms with Crippen LogP contribution in [-0.4, -0.2) is 39.6 Å². The van der Waals surface area contributed by atoms with Gasteiger partial charge in [0.05, 0.1) is 6.61 Å². The quantitative estimate of drug-likeness (QED) is 0.639. The average Bonchev–Trinajstić information content (AvgIpc) is 3.17. The fraction of sp³-hybridized carbons (Fsp3) is 0.292. The molecule has 1 N–H and O–H groups in total. The van der Waals surface area contributed by atoms with Crippen LogP contribution in [0.3, 0.4) is 0 Å². The summed E-state index contributed by atoms with van der Waals surface area (Å²) < 4.78 is 7.08. The van der Waals surface area contributed by atoms with Gasteiger partial charge in [-0.3, -0.25) is 14.3 Å². The molecule has 0 spiro atoms. The van der Waals surface area contributed by atoms with Gasteiger partial charge in [-0.2, -0.15) is 5.10 Å². The fourth-order valence-corrected chi connectivity index (χ4v) is 3.64. The third-order valence-electron chi connectivity index (χ3n) is 5.22. The Hall–Kier alpha value is -3.61. The van der Waals surface area contributed by atoms with E-state index >= 15 is 0 Å². The highest BCUT2D eigenvalue weighted by molar-refractivity contribution is 5.98. The van der Waals surface area contributed by atoms with Gasteiger partial charge < -0.3 is 15.0 Å². The first-order chi connectivity index (χ1) is 15.1. The lowest BCUT2D eigenvalue weighted by atomic mass is 10.2. The number of fused-ring (bicyclic) bond motifs is 1. The Labute approximate surface area is 181 Å². The number of nitrogens with one attached hydrogen (secondary N) is 1. The summed E-state index contributed by atoms with van der Waals surface area (Å²) in [4.78, 5) is 27.5. The van der Waals surface area contributed by atoms with Crippen molar-refractivity contribution in [3.63, 3.8) is 0 Å². The Kier molecular flexibility index (Phi) is 6.31. The van der Waals surface area contributed by atoms with Gasteiger partial charge in [0.25, 0.3) is 11.8 Å². The Morgan fingerprint density at radius 1 is 1.06 bits per heavy atom. The maximum Gasteiger partial charge on any atom is 0.272 e. The van der Waals surface area contributed by atoms with Crippen LogP contribution in [0, 0.1) is 0 Å². The van der Waals surface area contributed by atoms with Gasteiger partial charge in [-0.25, -0.2) is 0 Å². The van der Waals surface area contributed by atoms with Crippen molar-refractivity contribution in [2.24, 2.45) is 0 Å². The lowest BCUT2D eigenvalue weighted by Crippen LogP contribution is -2.30. The van der Waals surface area contributed by atoms with Crippen molar-refractivity contribution < 1.29 is 14.3 Å². The molecule has 0 unspecified atom stereocenters. The zero-order chi connectivity index (χ0) is 21.6. The molecule has 160 valence electrons. The van der Waals surface area contributed by atoms with E-state index in [1.54, 1.807) is 10.7 Å². The molecule has 1 aliphatic heterocycles. The number of carbonyl (C=O) groups excluding carboxylic acids is 2. The molecule has 0 saturated carbocycles. The molecule has 2 heterocycles. The standard InChI is InChI=1S/C24H26N4O3/c1-2-31-20-11-9-18(10-12-20)16-25-23(29)21-15-22-24(30)27(13-6-14-28(22)26-21)17-19-7-4-3-5-8-19/h3-5,7-12,15H,2,6,13-14,16-17H2,1H3,(H,25,29).